The number of benzene rings is 1. The molecule has 2 atom stereocenters. The van der Waals surface area contributed by atoms with Crippen LogP contribution in [0.5, 0.6) is 0 Å². The molecule has 0 bridgehead atoms. The molecule has 2 aliphatic rings. The minimum absolute atomic E-state index is 0.242. The van der Waals surface area contributed by atoms with Crippen LogP contribution in [-0.2, 0) is 14.3 Å². The fraction of sp³-hybridized carbons (Fsp3) is 0.476. The van der Waals surface area contributed by atoms with Crippen LogP contribution < -0.4 is 5.32 Å². The third-order valence-electron chi connectivity index (χ3n) is 5.06. The highest BCUT2D eigenvalue weighted by molar-refractivity contribution is 6.12. The number of carbonyl (C=O) groups excluding carboxylic acids is 1. The number of nitrogens with zero attached hydrogens (tertiary/aromatic N) is 3. The first-order valence-corrected chi connectivity index (χ1v) is 9.85. The first kappa shape index (κ1) is 21.0. The van der Waals surface area contributed by atoms with Gasteiger partial charge in [-0.2, -0.15) is 5.10 Å². The summed E-state index contributed by atoms with van der Waals surface area (Å²) >= 11 is 0. The van der Waals surface area contributed by atoms with Crippen LogP contribution in [0, 0.1) is 12.8 Å². The molecule has 1 aromatic carbocycles. The van der Waals surface area contributed by atoms with Crippen molar-refractivity contribution >= 4 is 23.8 Å². The van der Waals surface area contributed by atoms with Crippen LogP contribution in [0.15, 0.2) is 39.6 Å². The van der Waals surface area contributed by atoms with Crippen molar-refractivity contribution in [2.24, 2.45) is 16.0 Å². The third-order valence-corrected chi connectivity index (χ3v) is 5.06. The molecule has 8 heteroatoms. The Morgan fingerprint density at radius 2 is 2.14 bits per heavy atom. The van der Waals surface area contributed by atoms with Crippen LogP contribution in [0.3, 0.4) is 0 Å². The van der Waals surface area contributed by atoms with Gasteiger partial charge in [0.2, 0.25) is 0 Å². The second-order valence-electron chi connectivity index (χ2n) is 7.00. The van der Waals surface area contributed by atoms with Crippen molar-refractivity contribution in [2.75, 3.05) is 31.7 Å². The van der Waals surface area contributed by atoms with Gasteiger partial charge in [0.15, 0.2) is 5.84 Å². The van der Waals surface area contributed by atoms with E-state index in [0.717, 1.165) is 28.1 Å². The lowest BCUT2D eigenvalue weighted by Crippen LogP contribution is -2.29. The maximum Gasteiger partial charge on any atom is 0.315 e. The molecule has 0 radical (unpaired) electrons. The molecule has 0 saturated carbocycles. The van der Waals surface area contributed by atoms with Gasteiger partial charge in [-0.05, 0) is 50.5 Å². The number of amidine groups is 1. The molecule has 2 N–H and O–H groups in total. The van der Waals surface area contributed by atoms with Gasteiger partial charge in [-0.3, -0.25) is 9.80 Å². The molecule has 0 aliphatic carbocycles. The first-order valence-electron chi connectivity index (χ1n) is 9.85. The lowest BCUT2D eigenvalue weighted by atomic mass is 10.0. The third kappa shape index (κ3) is 4.49. The topological polar surface area (TPSA) is 95.8 Å². The number of nitrogens with one attached hydrogen (secondary N) is 1. The number of aliphatic imine (C=N–C) groups is 1. The van der Waals surface area contributed by atoms with Crippen LogP contribution in [0.4, 0.5) is 5.69 Å². The monoisotopic (exact) mass is 400 g/mol. The molecule has 29 heavy (non-hydrogen) atoms. The van der Waals surface area contributed by atoms with Gasteiger partial charge in [0.25, 0.3) is 0 Å². The van der Waals surface area contributed by atoms with E-state index in [4.69, 9.17) is 9.47 Å². The Kier molecular flexibility index (Phi) is 6.66. The summed E-state index contributed by atoms with van der Waals surface area (Å²) in [5, 5.41) is 19.7. The maximum absolute atomic E-state index is 12.3. The van der Waals surface area contributed by atoms with Gasteiger partial charge >= 0.3 is 5.97 Å². The quantitative estimate of drug-likeness (QED) is 0.683. The number of hydrazone groups is 1. The standard InChI is InChI=1S/C21H28N4O4/c1-5-28-11-18(26)15-8-7-13(3)17(9-15)24-20-19-14(4)16(21(27)29-6-2)10-25(19)23-12-22-20/h7-9,12,16,18,26H,5-6,10-11H2,1-4H3,(H,22,23,24). The van der Waals surface area contributed by atoms with E-state index in [9.17, 15) is 9.90 Å². The molecule has 156 valence electrons. The molecule has 3 rings (SSSR count). The normalized spacial score (nSPS) is 19.1. The van der Waals surface area contributed by atoms with Gasteiger partial charge in [0.05, 0.1) is 25.7 Å². The van der Waals surface area contributed by atoms with Gasteiger partial charge in [0, 0.05) is 12.3 Å². The predicted octanol–water partition coefficient (Wildman–Crippen LogP) is 2.60. The minimum atomic E-state index is -0.705. The summed E-state index contributed by atoms with van der Waals surface area (Å²) in [5.41, 5.74) is 4.25. The highest BCUT2D eigenvalue weighted by Crippen LogP contribution is 2.32. The highest BCUT2D eigenvalue weighted by atomic mass is 16.5. The van der Waals surface area contributed by atoms with Gasteiger partial charge in [-0.25, -0.2) is 4.99 Å². The summed E-state index contributed by atoms with van der Waals surface area (Å²) in [6.07, 6.45) is 0.763. The number of esters is 1. The summed E-state index contributed by atoms with van der Waals surface area (Å²) in [4.78, 5) is 16.7. The van der Waals surface area contributed by atoms with Gasteiger partial charge < -0.3 is 19.9 Å². The number of hydrogen-bond donors (Lipinski definition) is 2. The molecule has 0 spiro atoms. The van der Waals surface area contributed by atoms with Crippen molar-refractivity contribution in [2.45, 2.75) is 33.8 Å². The molecule has 2 unspecified atom stereocenters. The highest BCUT2D eigenvalue weighted by Gasteiger charge is 2.38. The van der Waals surface area contributed by atoms with Crippen LogP contribution >= 0.6 is 0 Å². The Morgan fingerprint density at radius 1 is 1.34 bits per heavy atom. The van der Waals surface area contributed by atoms with Crippen molar-refractivity contribution in [1.82, 2.24) is 5.01 Å². The largest absolute Gasteiger partial charge is 0.465 e. The van der Waals surface area contributed by atoms with E-state index in [2.05, 4.69) is 15.4 Å². The number of aliphatic hydroxyl groups excluding tert-OH is 1. The molecule has 2 heterocycles. The summed E-state index contributed by atoms with van der Waals surface area (Å²) in [6, 6.07) is 5.72. The Morgan fingerprint density at radius 3 is 2.86 bits per heavy atom. The van der Waals surface area contributed by atoms with Crippen LogP contribution in [-0.4, -0.2) is 54.6 Å². The number of anilines is 1. The number of rotatable bonds is 7. The molecule has 0 amide bonds. The summed E-state index contributed by atoms with van der Waals surface area (Å²) < 4.78 is 10.5. The second-order valence-corrected chi connectivity index (χ2v) is 7.00. The maximum atomic E-state index is 12.3. The van der Waals surface area contributed by atoms with E-state index in [0.29, 0.717) is 25.6 Å². The predicted molar refractivity (Wildman–Crippen MR) is 112 cm³/mol. The number of aliphatic hydroxyl groups is 1. The van der Waals surface area contributed by atoms with Crippen molar-refractivity contribution in [3.8, 4) is 0 Å². The number of hydrogen-bond acceptors (Lipinski definition) is 8. The molecule has 2 aliphatic heterocycles. The van der Waals surface area contributed by atoms with E-state index in [1.807, 2.05) is 39.0 Å². The van der Waals surface area contributed by atoms with E-state index in [1.54, 1.807) is 11.9 Å². The zero-order valence-corrected chi connectivity index (χ0v) is 17.3. The lowest BCUT2D eigenvalue weighted by molar-refractivity contribution is -0.146. The van der Waals surface area contributed by atoms with Crippen LogP contribution in [0.2, 0.25) is 0 Å². The molecular weight excluding hydrogens is 372 g/mol. The number of carbonyl (C=O) groups is 1. The molecule has 0 saturated heterocycles. The molecule has 0 fully saturated rings. The van der Waals surface area contributed by atoms with E-state index < -0.39 is 6.10 Å². The van der Waals surface area contributed by atoms with Gasteiger partial charge in [-0.15, -0.1) is 0 Å². The molecule has 1 aromatic rings. The first-order chi connectivity index (χ1) is 14.0. The summed E-state index contributed by atoms with van der Waals surface area (Å²) in [7, 11) is 0. The van der Waals surface area contributed by atoms with Crippen molar-refractivity contribution in [3.63, 3.8) is 0 Å². The zero-order chi connectivity index (χ0) is 21.0. The van der Waals surface area contributed by atoms with Crippen molar-refractivity contribution in [1.29, 1.82) is 0 Å². The Hall–Kier alpha value is -2.71. The molecule has 8 nitrogen and oxygen atoms in total. The Bertz CT molecular complexity index is 862. The molecular formula is C21H28N4O4. The average Bonchev–Trinajstić information content (AvgIpc) is 3.05. The van der Waals surface area contributed by atoms with Crippen molar-refractivity contribution in [3.05, 3.63) is 40.6 Å². The molecule has 0 aromatic heterocycles. The van der Waals surface area contributed by atoms with E-state index in [-0.39, 0.29) is 18.5 Å². The lowest BCUT2D eigenvalue weighted by Gasteiger charge is -2.23. The summed E-state index contributed by atoms with van der Waals surface area (Å²) in [6.45, 7) is 9.15. The fourth-order valence-corrected chi connectivity index (χ4v) is 3.41. The van der Waals surface area contributed by atoms with E-state index >= 15 is 0 Å². The fourth-order valence-electron chi connectivity index (χ4n) is 3.41. The van der Waals surface area contributed by atoms with Crippen molar-refractivity contribution < 1.29 is 19.4 Å². The number of ether oxygens (including phenoxy) is 2. The van der Waals surface area contributed by atoms with Crippen LogP contribution in [0.1, 0.15) is 38.0 Å². The van der Waals surface area contributed by atoms with Crippen LogP contribution in [0.25, 0.3) is 0 Å². The van der Waals surface area contributed by atoms with Gasteiger partial charge in [-0.1, -0.05) is 12.1 Å². The number of fused-ring (bicyclic) bond motifs is 1. The summed E-state index contributed by atoms with van der Waals surface area (Å²) in [5.74, 6) is -0.00448. The SMILES string of the molecule is CCOCC(O)c1ccc(C)c(NC2=NC=NN3CC(C(=O)OCC)C(C)=C23)c1. The Balaban J connectivity index is 1.85. The zero-order valence-electron chi connectivity index (χ0n) is 17.3. The van der Waals surface area contributed by atoms with E-state index in [1.165, 1.54) is 6.34 Å². The van der Waals surface area contributed by atoms with Gasteiger partial charge in [0.1, 0.15) is 18.1 Å². The minimum Gasteiger partial charge on any atom is -0.465 e. The Labute approximate surface area is 170 Å². The number of aryl methyl sites for hydroxylation is 1. The second kappa shape index (κ2) is 9.19. The smallest absolute Gasteiger partial charge is 0.315 e. The average molecular weight is 400 g/mol.